The summed E-state index contributed by atoms with van der Waals surface area (Å²) in [5, 5.41) is 15.7. The number of benzene rings is 1. The molecule has 0 saturated carbocycles. The highest BCUT2D eigenvalue weighted by atomic mass is 16.5. The molecule has 2 heterocycles. The number of nitrogens with one attached hydrogen (secondary N) is 2. The fourth-order valence-corrected chi connectivity index (χ4v) is 2.31. The van der Waals surface area contributed by atoms with Gasteiger partial charge in [0.05, 0.1) is 18.5 Å². The molecular formula is C19H17N5O. The first-order valence-electron chi connectivity index (χ1n) is 7.74. The number of hydrogen-bond donors (Lipinski definition) is 2. The van der Waals surface area contributed by atoms with E-state index in [1.54, 1.807) is 25.6 Å². The molecule has 0 saturated heterocycles. The van der Waals surface area contributed by atoms with E-state index in [9.17, 15) is 5.26 Å². The van der Waals surface area contributed by atoms with Crippen LogP contribution < -0.4 is 15.4 Å². The molecule has 6 heteroatoms. The van der Waals surface area contributed by atoms with E-state index < -0.39 is 0 Å². The van der Waals surface area contributed by atoms with Crippen LogP contribution in [0, 0.1) is 11.3 Å². The first kappa shape index (κ1) is 16.3. The summed E-state index contributed by atoms with van der Waals surface area (Å²) in [6.45, 7) is 0.576. The van der Waals surface area contributed by atoms with Crippen LogP contribution >= 0.6 is 0 Å². The summed E-state index contributed by atoms with van der Waals surface area (Å²) in [5.74, 6) is 1.28. The summed E-state index contributed by atoms with van der Waals surface area (Å²) < 4.78 is 5.15. The average Bonchev–Trinajstić information content (AvgIpc) is 2.68. The molecule has 1 aliphatic rings. The maximum atomic E-state index is 9.48. The lowest BCUT2D eigenvalue weighted by atomic mass is 10.1. The molecule has 0 unspecified atom stereocenters. The van der Waals surface area contributed by atoms with E-state index in [-0.39, 0.29) is 0 Å². The van der Waals surface area contributed by atoms with Gasteiger partial charge in [0.1, 0.15) is 17.4 Å². The van der Waals surface area contributed by atoms with Crippen molar-refractivity contribution in [1.29, 1.82) is 5.26 Å². The fourth-order valence-electron chi connectivity index (χ4n) is 2.31. The molecule has 1 aromatic carbocycles. The largest absolute Gasteiger partial charge is 0.497 e. The Labute approximate surface area is 146 Å². The van der Waals surface area contributed by atoms with Crippen LogP contribution in [-0.4, -0.2) is 17.1 Å². The molecule has 1 aromatic heterocycles. The van der Waals surface area contributed by atoms with Crippen LogP contribution in [0.1, 0.15) is 11.3 Å². The van der Waals surface area contributed by atoms with Gasteiger partial charge < -0.3 is 15.4 Å². The van der Waals surface area contributed by atoms with E-state index in [1.165, 1.54) is 0 Å². The van der Waals surface area contributed by atoms with Gasteiger partial charge in [-0.1, -0.05) is 18.2 Å². The number of hydrogen-bond acceptors (Lipinski definition) is 6. The lowest BCUT2D eigenvalue weighted by Crippen LogP contribution is -2.09. The molecule has 3 rings (SSSR count). The van der Waals surface area contributed by atoms with Gasteiger partial charge in [0.25, 0.3) is 0 Å². The Balaban J connectivity index is 1.76. The Hall–Kier alpha value is -3.59. The minimum Gasteiger partial charge on any atom is -0.497 e. The molecule has 2 aromatic rings. The molecule has 0 fully saturated rings. The highest BCUT2D eigenvalue weighted by Crippen LogP contribution is 2.18. The summed E-state index contributed by atoms with van der Waals surface area (Å²) in [6, 6.07) is 11.7. The van der Waals surface area contributed by atoms with Crippen molar-refractivity contribution >= 4 is 11.5 Å². The molecular weight excluding hydrogens is 314 g/mol. The highest BCUT2D eigenvalue weighted by Gasteiger charge is 2.10. The minimum absolute atomic E-state index is 0.468. The van der Waals surface area contributed by atoms with E-state index >= 15 is 0 Å². The van der Waals surface area contributed by atoms with Crippen LogP contribution in [0.2, 0.25) is 0 Å². The topological polar surface area (TPSA) is 82.9 Å². The number of allylic oxidation sites excluding steroid dienone is 4. The monoisotopic (exact) mass is 331 g/mol. The predicted octanol–water partition coefficient (Wildman–Crippen LogP) is 3.01. The smallest absolute Gasteiger partial charge is 0.223 e. The molecule has 2 N–H and O–H groups in total. The van der Waals surface area contributed by atoms with E-state index in [0.717, 1.165) is 11.3 Å². The molecule has 6 nitrogen and oxygen atoms in total. The standard InChI is InChI=1S/C19H17N5O/c1-25-15-7-5-14(6-8-15)13-23-19-22-11-9-18(24-19)16(12-20)17-4-2-3-10-21-17/h2-11,21H,13H2,1H3,(H,22,23,24)/b17-16-. The zero-order chi connectivity index (χ0) is 17.5. The molecule has 0 spiro atoms. The number of methoxy groups -OCH3 is 1. The number of nitriles is 1. The second-order valence-electron chi connectivity index (χ2n) is 5.23. The van der Waals surface area contributed by atoms with Crippen molar-refractivity contribution < 1.29 is 4.74 Å². The zero-order valence-electron chi connectivity index (χ0n) is 13.7. The molecule has 25 heavy (non-hydrogen) atoms. The van der Waals surface area contributed by atoms with Gasteiger partial charge in [0.15, 0.2) is 0 Å². The van der Waals surface area contributed by atoms with Gasteiger partial charge in [0.2, 0.25) is 5.95 Å². The van der Waals surface area contributed by atoms with Crippen LogP contribution in [0.4, 0.5) is 5.95 Å². The summed E-state index contributed by atoms with van der Waals surface area (Å²) in [5.41, 5.74) is 2.83. The van der Waals surface area contributed by atoms with Gasteiger partial charge in [-0.25, -0.2) is 9.97 Å². The van der Waals surface area contributed by atoms with Crippen LogP contribution in [0.25, 0.3) is 5.57 Å². The Bertz CT molecular complexity index is 875. The zero-order valence-corrected chi connectivity index (χ0v) is 13.7. The minimum atomic E-state index is 0.468. The Morgan fingerprint density at radius 1 is 1.24 bits per heavy atom. The maximum absolute atomic E-state index is 9.48. The van der Waals surface area contributed by atoms with Crippen molar-refractivity contribution in [2.24, 2.45) is 0 Å². The number of rotatable bonds is 5. The summed E-state index contributed by atoms with van der Waals surface area (Å²) >= 11 is 0. The van der Waals surface area contributed by atoms with E-state index in [0.29, 0.717) is 29.5 Å². The van der Waals surface area contributed by atoms with E-state index in [1.807, 2.05) is 42.5 Å². The molecule has 1 aliphatic heterocycles. The number of ether oxygens (including phenoxy) is 1. The van der Waals surface area contributed by atoms with Crippen molar-refractivity contribution in [2.75, 3.05) is 12.4 Å². The fraction of sp³-hybridized carbons (Fsp3) is 0.105. The summed E-state index contributed by atoms with van der Waals surface area (Å²) in [6.07, 6.45) is 8.98. The van der Waals surface area contributed by atoms with Crippen LogP contribution in [0.15, 0.2) is 66.7 Å². The Morgan fingerprint density at radius 3 is 2.76 bits per heavy atom. The molecule has 0 amide bonds. The maximum Gasteiger partial charge on any atom is 0.223 e. The molecule has 0 radical (unpaired) electrons. The summed E-state index contributed by atoms with van der Waals surface area (Å²) in [7, 11) is 1.64. The van der Waals surface area contributed by atoms with Crippen LogP contribution in [0.3, 0.4) is 0 Å². The molecule has 0 bridgehead atoms. The first-order valence-corrected chi connectivity index (χ1v) is 7.74. The third kappa shape index (κ3) is 4.03. The lowest BCUT2D eigenvalue weighted by molar-refractivity contribution is 0.414. The van der Waals surface area contributed by atoms with Crippen molar-refractivity contribution in [1.82, 2.24) is 15.3 Å². The highest BCUT2D eigenvalue weighted by molar-refractivity contribution is 5.79. The Morgan fingerprint density at radius 2 is 2.08 bits per heavy atom. The van der Waals surface area contributed by atoms with Gasteiger partial charge in [-0.3, -0.25) is 0 Å². The van der Waals surface area contributed by atoms with Crippen molar-refractivity contribution in [2.45, 2.75) is 6.54 Å². The number of dihydropyridines is 1. The number of nitrogens with zero attached hydrogens (tertiary/aromatic N) is 3. The number of aromatic nitrogens is 2. The quantitative estimate of drug-likeness (QED) is 0.820. The second kappa shape index (κ2) is 7.79. The molecule has 0 atom stereocenters. The lowest BCUT2D eigenvalue weighted by Gasteiger charge is -2.10. The normalized spacial score (nSPS) is 14.4. The van der Waals surface area contributed by atoms with Gasteiger partial charge in [-0.05, 0) is 35.9 Å². The van der Waals surface area contributed by atoms with Crippen molar-refractivity contribution in [3.63, 3.8) is 0 Å². The SMILES string of the molecule is COc1ccc(CNc2nccc(/C(C#N)=C3/C=CC=CN3)n2)cc1. The van der Waals surface area contributed by atoms with Gasteiger partial charge >= 0.3 is 0 Å². The van der Waals surface area contributed by atoms with Crippen LogP contribution in [-0.2, 0) is 6.54 Å². The van der Waals surface area contributed by atoms with Gasteiger partial charge in [-0.15, -0.1) is 0 Å². The van der Waals surface area contributed by atoms with Crippen LogP contribution in [0.5, 0.6) is 5.75 Å². The third-order valence-electron chi connectivity index (χ3n) is 3.61. The summed E-state index contributed by atoms with van der Waals surface area (Å²) in [4.78, 5) is 8.66. The van der Waals surface area contributed by atoms with E-state index in [2.05, 4.69) is 26.7 Å². The number of anilines is 1. The predicted molar refractivity (Wildman–Crippen MR) is 96.3 cm³/mol. The Kier molecular flexibility index (Phi) is 5.07. The second-order valence-corrected chi connectivity index (χ2v) is 5.23. The van der Waals surface area contributed by atoms with Crippen molar-refractivity contribution in [3.8, 4) is 11.8 Å². The van der Waals surface area contributed by atoms with Gasteiger partial charge in [0, 0.05) is 18.9 Å². The molecule has 0 aliphatic carbocycles. The first-order chi connectivity index (χ1) is 12.3. The van der Waals surface area contributed by atoms with Crippen molar-refractivity contribution in [3.05, 3.63) is 77.9 Å². The van der Waals surface area contributed by atoms with E-state index in [4.69, 9.17) is 4.74 Å². The average molecular weight is 331 g/mol. The third-order valence-corrected chi connectivity index (χ3v) is 3.61. The van der Waals surface area contributed by atoms with Gasteiger partial charge in [-0.2, -0.15) is 5.26 Å². The molecule has 124 valence electrons.